The van der Waals surface area contributed by atoms with Crippen LogP contribution in [0.15, 0.2) is 59.0 Å². The summed E-state index contributed by atoms with van der Waals surface area (Å²) in [5.74, 6) is -0.139. The number of hydrogen-bond donors (Lipinski definition) is 0. The van der Waals surface area contributed by atoms with Crippen molar-refractivity contribution in [3.63, 3.8) is 0 Å². The number of nitrogens with zero attached hydrogens (tertiary/aromatic N) is 1. The van der Waals surface area contributed by atoms with Gasteiger partial charge < -0.3 is 13.9 Å². The highest BCUT2D eigenvalue weighted by molar-refractivity contribution is 5.83. The molecule has 0 saturated carbocycles. The smallest absolute Gasteiger partial charge is 0.233 e. The van der Waals surface area contributed by atoms with E-state index < -0.39 is 11.6 Å². The van der Waals surface area contributed by atoms with E-state index in [2.05, 4.69) is 4.98 Å². The predicted octanol–water partition coefficient (Wildman–Crippen LogP) is 5.17. The molecule has 2 heterocycles. The molecule has 6 heteroatoms. The standard InChI is InChI=1S/C20H11F2NO3/c21-13-2-1-3-14(22)19(13)20-23-15-6-4-11(8-17(15)26-20)12-5-7-16-18(9-12)25-10-24-16/h1-9H,10H2. The van der Waals surface area contributed by atoms with E-state index in [9.17, 15) is 8.78 Å². The van der Waals surface area contributed by atoms with Gasteiger partial charge in [-0.2, -0.15) is 0 Å². The van der Waals surface area contributed by atoms with Crippen LogP contribution >= 0.6 is 0 Å². The van der Waals surface area contributed by atoms with Gasteiger partial charge in [0.15, 0.2) is 17.1 Å². The number of benzene rings is 3. The van der Waals surface area contributed by atoms with Gasteiger partial charge in [-0.25, -0.2) is 13.8 Å². The van der Waals surface area contributed by atoms with Crippen LogP contribution in [-0.2, 0) is 0 Å². The van der Waals surface area contributed by atoms with E-state index in [0.29, 0.717) is 22.6 Å². The molecule has 1 aliphatic rings. The Kier molecular flexibility index (Phi) is 3.18. The molecule has 5 rings (SSSR count). The maximum Gasteiger partial charge on any atom is 0.233 e. The molecule has 1 aliphatic heterocycles. The zero-order valence-electron chi connectivity index (χ0n) is 13.3. The van der Waals surface area contributed by atoms with Gasteiger partial charge in [-0.3, -0.25) is 0 Å². The second-order valence-corrected chi connectivity index (χ2v) is 5.87. The van der Waals surface area contributed by atoms with E-state index in [-0.39, 0.29) is 18.2 Å². The second-order valence-electron chi connectivity index (χ2n) is 5.87. The fourth-order valence-electron chi connectivity index (χ4n) is 2.99. The van der Waals surface area contributed by atoms with Crippen molar-refractivity contribution >= 4 is 11.1 Å². The minimum absolute atomic E-state index is 0.0848. The topological polar surface area (TPSA) is 44.5 Å². The molecule has 0 radical (unpaired) electrons. The molecule has 0 amide bonds. The second kappa shape index (κ2) is 5.56. The lowest BCUT2D eigenvalue weighted by Crippen LogP contribution is -1.92. The Labute approximate surface area is 146 Å². The summed E-state index contributed by atoms with van der Waals surface area (Å²) in [5, 5.41) is 0. The molecule has 0 bridgehead atoms. The van der Waals surface area contributed by atoms with Crippen LogP contribution < -0.4 is 9.47 Å². The van der Waals surface area contributed by atoms with Crippen molar-refractivity contribution in [1.29, 1.82) is 0 Å². The first-order chi connectivity index (χ1) is 12.7. The minimum Gasteiger partial charge on any atom is -0.454 e. The number of halogens is 2. The van der Waals surface area contributed by atoms with Crippen LogP contribution in [0.3, 0.4) is 0 Å². The van der Waals surface area contributed by atoms with Crippen LogP contribution in [0.5, 0.6) is 11.5 Å². The van der Waals surface area contributed by atoms with E-state index in [0.717, 1.165) is 11.1 Å². The van der Waals surface area contributed by atoms with E-state index >= 15 is 0 Å². The number of hydrogen-bond acceptors (Lipinski definition) is 4. The molecule has 0 fully saturated rings. The molecule has 0 saturated heterocycles. The largest absolute Gasteiger partial charge is 0.454 e. The highest BCUT2D eigenvalue weighted by Crippen LogP contribution is 2.37. The first kappa shape index (κ1) is 14.9. The Hall–Kier alpha value is -3.41. The highest BCUT2D eigenvalue weighted by atomic mass is 19.1. The minimum atomic E-state index is -0.715. The lowest BCUT2D eigenvalue weighted by Gasteiger charge is -2.03. The molecule has 4 aromatic rings. The molecule has 3 aromatic carbocycles. The molecule has 26 heavy (non-hydrogen) atoms. The van der Waals surface area contributed by atoms with Crippen molar-refractivity contribution in [1.82, 2.24) is 4.98 Å². The van der Waals surface area contributed by atoms with E-state index in [1.165, 1.54) is 18.2 Å². The van der Waals surface area contributed by atoms with Crippen molar-refractivity contribution in [3.8, 4) is 34.1 Å². The Morgan fingerprint density at radius 1 is 0.808 bits per heavy atom. The number of oxazole rings is 1. The molecule has 1 aromatic heterocycles. The van der Waals surface area contributed by atoms with Gasteiger partial charge in [0.1, 0.15) is 22.7 Å². The van der Waals surface area contributed by atoms with Gasteiger partial charge >= 0.3 is 0 Å². The SMILES string of the molecule is Fc1cccc(F)c1-c1nc2ccc(-c3ccc4c(c3)OCO4)cc2o1. The van der Waals surface area contributed by atoms with Crippen molar-refractivity contribution < 1.29 is 22.7 Å². The zero-order chi connectivity index (χ0) is 17.7. The molecular weight excluding hydrogens is 340 g/mol. The van der Waals surface area contributed by atoms with E-state index in [1.54, 1.807) is 12.1 Å². The first-order valence-corrected chi connectivity index (χ1v) is 7.94. The molecule has 0 atom stereocenters. The monoisotopic (exact) mass is 351 g/mol. The van der Waals surface area contributed by atoms with Crippen LogP contribution in [0.1, 0.15) is 0 Å². The summed E-state index contributed by atoms with van der Waals surface area (Å²) >= 11 is 0. The van der Waals surface area contributed by atoms with Crippen LogP contribution in [-0.4, -0.2) is 11.8 Å². The quantitative estimate of drug-likeness (QED) is 0.500. The van der Waals surface area contributed by atoms with Gasteiger partial charge in [-0.1, -0.05) is 18.2 Å². The average molecular weight is 351 g/mol. The van der Waals surface area contributed by atoms with Crippen molar-refractivity contribution in [3.05, 3.63) is 66.2 Å². The van der Waals surface area contributed by atoms with Gasteiger partial charge in [-0.15, -0.1) is 0 Å². The Bertz CT molecular complexity index is 1130. The fraction of sp³-hybridized carbons (Fsp3) is 0.0500. The van der Waals surface area contributed by atoms with Gasteiger partial charge in [0, 0.05) is 0 Å². The van der Waals surface area contributed by atoms with Gasteiger partial charge in [0.05, 0.1) is 0 Å². The van der Waals surface area contributed by atoms with E-state index in [4.69, 9.17) is 13.9 Å². The molecule has 128 valence electrons. The molecule has 0 unspecified atom stereocenters. The number of rotatable bonds is 2. The maximum atomic E-state index is 14.0. The summed E-state index contributed by atoms with van der Waals surface area (Å²) in [4.78, 5) is 4.21. The number of aromatic nitrogens is 1. The Morgan fingerprint density at radius 3 is 2.38 bits per heavy atom. The van der Waals surface area contributed by atoms with Crippen molar-refractivity contribution in [2.24, 2.45) is 0 Å². The lowest BCUT2D eigenvalue weighted by atomic mass is 10.0. The van der Waals surface area contributed by atoms with Crippen LogP contribution in [0.4, 0.5) is 8.78 Å². The summed E-state index contributed by atoms with van der Waals surface area (Å²) in [6, 6.07) is 14.7. The summed E-state index contributed by atoms with van der Waals surface area (Å²) in [7, 11) is 0. The molecule has 0 spiro atoms. The first-order valence-electron chi connectivity index (χ1n) is 7.94. The third kappa shape index (κ3) is 2.30. The molecule has 0 aliphatic carbocycles. The Morgan fingerprint density at radius 2 is 1.54 bits per heavy atom. The van der Waals surface area contributed by atoms with Crippen LogP contribution in [0.25, 0.3) is 33.7 Å². The molecule has 0 N–H and O–H groups in total. The fourth-order valence-corrected chi connectivity index (χ4v) is 2.99. The Balaban J connectivity index is 1.61. The summed E-state index contributed by atoms with van der Waals surface area (Å²) in [6.45, 7) is 0.206. The normalized spacial score (nSPS) is 12.7. The predicted molar refractivity (Wildman–Crippen MR) is 90.9 cm³/mol. The van der Waals surface area contributed by atoms with Crippen molar-refractivity contribution in [2.75, 3.05) is 6.79 Å². The zero-order valence-corrected chi connectivity index (χ0v) is 13.3. The third-order valence-corrected chi connectivity index (χ3v) is 4.27. The van der Waals surface area contributed by atoms with Gasteiger partial charge in [0.2, 0.25) is 12.7 Å². The molecule has 4 nitrogen and oxygen atoms in total. The average Bonchev–Trinajstić information content (AvgIpc) is 3.26. The maximum absolute atomic E-state index is 14.0. The third-order valence-electron chi connectivity index (χ3n) is 4.27. The van der Waals surface area contributed by atoms with Crippen LogP contribution in [0, 0.1) is 11.6 Å². The number of ether oxygens (including phenoxy) is 2. The van der Waals surface area contributed by atoms with Crippen LogP contribution in [0.2, 0.25) is 0 Å². The summed E-state index contributed by atoms with van der Waals surface area (Å²) in [6.07, 6.45) is 0. The van der Waals surface area contributed by atoms with Crippen molar-refractivity contribution in [2.45, 2.75) is 0 Å². The van der Waals surface area contributed by atoms with E-state index in [1.807, 2.05) is 24.3 Å². The summed E-state index contributed by atoms with van der Waals surface area (Å²) in [5.41, 5.74) is 2.47. The highest BCUT2D eigenvalue weighted by Gasteiger charge is 2.18. The van der Waals surface area contributed by atoms with Gasteiger partial charge in [-0.05, 0) is 47.5 Å². The molecular formula is C20H11F2NO3. The lowest BCUT2D eigenvalue weighted by molar-refractivity contribution is 0.174. The van der Waals surface area contributed by atoms with Gasteiger partial charge in [0.25, 0.3) is 0 Å². The number of fused-ring (bicyclic) bond motifs is 2. The summed E-state index contributed by atoms with van der Waals surface area (Å²) < 4.78 is 44.3.